The minimum Gasteiger partial charge on any atom is -0.335 e. The van der Waals surface area contributed by atoms with E-state index in [0.29, 0.717) is 16.9 Å². The molecule has 24 heavy (non-hydrogen) atoms. The maximum absolute atomic E-state index is 12.4. The Hall–Kier alpha value is -3.22. The zero-order chi connectivity index (χ0) is 16.7. The van der Waals surface area contributed by atoms with Crippen LogP contribution in [-0.2, 0) is 0 Å². The molecule has 0 bridgehead atoms. The first-order chi connectivity index (χ1) is 11.6. The summed E-state index contributed by atoms with van der Waals surface area (Å²) >= 11 is 0. The first-order valence-corrected chi connectivity index (χ1v) is 7.65. The number of carbonyl (C=O) groups is 3. The Balaban J connectivity index is 1.52. The summed E-state index contributed by atoms with van der Waals surface area (Å²) in [5.74, 6) is -0.835. The number of aromatic nitrogens is 1. The lowest BCUT2D eigenvalue weighted by Crippen LogP contribution is -2.31. The third kappa shape index (κ3) is 2.50. The number of anilines is 2. The maximum atomic E-state index is 12.4. The molecular formula is C17H14N4O3. The van der Waals surface area contributed by atoms with Gasteiger partial charge in [-0.2, -0.15) is 0 Å². The van der Waals surface area contributed by atoms with E-state index in [4.69, 9.17) is 0 Å². The van der Waals surface area contributed by atoms with Crippen molar-refractivity contribution in [1.29, 1.82) is 0 Å². The number of nitrogens with one attached hydrogen (secondary N) is 2. The number of nitrogens with zero attached hydrogens (tertiary/aromatic N) is 2. The summed E-state index contributed by atoms with van der Waals surface area (Å²) < 4.78 is 0. The molecule has 0 radical (unpaired) electrons. The molecule has 0 atom stereocenters. The van der Waals surface area contributed by atoms with Crippen molar-refractivity contribution in [1.82, 2.24) is 10.3 Å². The van der Waals surface area contributed by atoms with E-state index in [-0.39, 0.29) is 17.8 Å². The number of amides is 4. The van der Waals surface area contributed by atoms with Crippen molar-refractivity contribution in [3.8, 4) is 0 Å². The minimum atomic E-state index is -0.442. The number of imide groups is 1. The third-order valence-electron chi connectivity index (χ3n) is 3.94. The highest BCUT2D eigenvalue weighted by Gasteiger charge is 2.37. The van der Waals surface area contributed by atoms with Crippen molar-refractivity contribution >= 4 is 29.2 Å². The number of fused-ring (bicyclic) bond motifs is 1. The molecule has 120 valence electrons. The summed E-state index contributed by atoms with van der Waals surface area (Å²) in [5, 5.41) is 5.54. The Labute approximate surface area is 137 Å². The fraction of sp³-hybridized carbons (Fsp3) is 0.176. The van der Waals surface area contributed by atoms with Gasteiger partial charge in [0.2, 0.25) is 0 Å². The van der Waals surface area contributed by atoms with Gasteiger partial charge < -0.3 is 10.6 Å². The second-order valence-corrected chi connectivity index (χ2v) is 5.76. The van der Waals surface area contributed by atoms with E-state index in [1.54, 1.807) is 36.4 Å². The summed E-state index contributed by atoms with van der Waals surface area (Å²) in [7, 11) is 0. The average molecular weight is 322 g/mol. The lowest BCUT2D eigenvalue weighted by Gasteiger charge is -2.14. The fourth-order valence-electron chi connectivity index (χ4n) is 2.58. The van der Waals surface area contributed by atoms with Crippen LogP contribution in [0.4, 0.5) is 16.2 Å². The molecule has 2 aromatic rings. The Morgan fingerprint density at radius 2 is 1.83 bits per heavy atom. The van der Waals surface area contributed by atoms with Crippen molar-refractivity contribution < 1.29 is 14.4 Å². The van der Waals surface area contributed by atoms with E-state index in [1.165, 1.54) is 6.20 Å². The van der Waals surface area contributed by atoms with Gasteiger partial charge in [0.15, 0.2) is 0 Å². The van der Waals surface area contributed by atoms with Crippen LogP contribution in [0.1, 0.15) is 33.7 Å². The predicted octanol–water partition coefficient (Wildman–Crippen LogP) is 2.17. The van der Waals surface area contributed by atoms with Crippen LogP contribution in [0.3, 0.4) is 0 Å². The number of rotatable bonds is 3. The highest BCUT2D eigenvalue weighted by atomic mass is 16.2. The van der Waals surface area contributed by atoms with Crippen LogP contribution >= 0.6 is 0 Å². The summed E-state index contributed by atoms with van der Waals surface area (Å²) in [5.41, 5.74) is 1.49. The molecule has 4 rings (SSSR count). The highest BCUT2D eigenvalue weighted by molar-refractivity contribution is 6.33. The predicted molar refractivity (Wildman–Crippen MR) is 87.0 cm³/mol. The molecule has 7 nitrogen and oxygen atoms in total. The first kappa shape index (κ1) is 14.4. The number of hydrogen-bond donors (Lipinski definition) is 2. The summed E-state index contributed by atoms with van der Waals surface area (Å²) in [4.78, 5) is 41.5. The zero-order valence-electron chi connectivity index (χ0n) is 12.7. The SMILES string of the molecule is O=C(Nc1ccc(N2C(=O)c3cccnc3C2=O)cc1)NC1CC1. The van der Waals surface area contributed by atoms with Gasteiger partial charge in [0.1, 0.15) is 5.69 Å². The third-order valence-corrected chi connectivity index (χ3v) is 3.94. The van der Waals surface area contributed by atoms with Gasteiger partial charge in [0, 0.05) is 17.9 Å². The monoisotopic (exact) mass is 322 g/mol. The van der Waals surface area contributed by atoms with E-state index < -0.39 is 11.8 Å². The van der Waals surface area contributed by atoms with Gasteiger partial charge >= 0.3 is 6.03 Å². The fourth-order valence-corrected chi connectivity index (χ4v) is 2.58. The number of urea groups is 1. The van der Waals surface area contributed by atoms with Crippen LogP contribution < -0.4 is 15.5 Å². The van der Waals surface area contributed by atoms with Crippen molar-refractivity contribution in [3.05, 3.63) is 53.9 Å². The van der Waals surface area contributed by atoms with Crippen LogP contribution in [-0.4, -0.2) is 28.9 Å². The van der Waals surface area contributed by atoms with Crippen molar-refractivity contribution in [3.63, 3.8) is 0 Å². The number of carbonyl (C=O) groups excluding carboxylic acids is 3. The van der Waals surface area contributed by atoms with E-state index in [1.807, 2.05) is 0 Å². The molecule has 2 heterocycles. The van der Waals surface area contributed by atoms with Gasteiger partial charge in [-0.25, -0.2) is 9.69 Å². The Kier molecular flexibility index (Phi) is 3.26. The lowest BCUT2D eigenvalue weighted by atomic mass is 10.2. The molecule has 1 saturated carbocycles. The topological polar surface area (TPSA) is 91.4 Å². The number of pyridine rings is 1. The van der Waals surface area contributed by atoms with E-state index in [9.17, 15) is 14.4 Å². The standard InChI is InChI=1S/C17H14N4O3/c22-15-13-2-1-9-18-14(13)16(23)21(15)12-7-5-11(6-8-12)20-17(24)19-10-3-4-10/h1-2,5-10H,3-4H2,(H2,19,20,24). The van der Waals surface area contributed by atoms with Gasteiger partial charge in [0.25, 0.3) is 11.8 Å². The van der Waals surface area contributed by atoms with Gasteiger partial charge in [-0.15, -0.1) is 0 Å². The summed E-state index contributed by atoms with van der Waals surface area (Å²) in [6.45, 7) is 0. The molecule has 2 aliphatic rings. The van der Waals surface area contributed by atoms with Crippen LogP contribution in [0, 0.1) is 0 Å². The molecule has 1 aromatic heterocycles. The highest BCUT2D eigenvalue weighted by Crippen LogP contribution is 2.28. The van der Waals surface area contributed by atoms with Gasteiger partial charge in [-0.3, -0.25) is 14.6 Å². The van der Waals surface area contributed by atoms with E-state index in [0.717, 1.165) is 17.7 Å². The van der Waals surface area contributed by atoms with Crippen LogP contribution in [0.5, 0.6) is 0 Å². The van der Waals surface area contributed by atoms with Crippen LogP contribution in [0.25, 0.3) is 0 Å². The molecule has 1 fully saturated rings. The Bertz CT molecular complexity index is 808. The summed E-state index contributed by atoms with van der Waals surface area (Å²) in [6, 6.07) is 9.77. The van der Waals surface area contributed by atoms with Crippen LogP contribution in [0.15, 0.2) is 42.6 Å². The minimum absolute atomic E-state index is 0.161. The van der Waals surface area contributed by atoms with E-state index in [2.05, 4.69) is 15.6 Å². The Morgan fingerprint density at radius 1 is 1.08 bits per heavy atom. The van der Waals surface area contributed by atoms with Gasteiger partial charge in [0.05, 0.1) is 11.3 Å². The normalized spacial score (nSPS) is 16.1. The van der Waals surface area contributed by atoms with Crippen molar-refractivity contribution in [2.24, 2.45) is 0 Å². The number of hydrogen-bond acceptors (Lipinski definition) is 4. The van der Waals surface area contributed by atoms with Gasteiger partial charge in [-0.1, -0.05) is 0 Å². The second kappa shape index (κ2) is 5.45. The molecule has 1 aliphatic carbocycles. The molecule has 1 aromatic carbocycles. The molecule has 0 spiro atoms. The van der Waals surface area contributed by atoms with Crippen molar-refractivity contribution in [2.45, 2.75) is 18.9 Å². The second-order valence-electron chi connectivity index (χ2n) is 5.76. The number of benzene rings is 1. The molecule has 0 saturated heterocycles. The largest absolute Gasteiger partial charge is 0.335 e. The lowest BCUT2D eigenvalue weighted by molar-refractivity contribution is 0.0924. The first-order valence-electron chi connectivity index (χ1n) is 7.65. The Morgan fingerprint density at radius 3 is 2.50 bits per heavy atom. The maximum Gasteiger partial charge on any atom is 0.319 e. The summed E-state index contributed by atoms with van der Waals surface area (Å²) in [6.07, 6.45) is 3.51. The molecule has 1 aliphatic heterocycles. The van der Waals surface area contributed by atoms with Gasteiger partial charge in [-0.05, 0) is 49.2 Å². The molecular weight excluding hydrogens is 308 g/mol. The quantitative estimate of drug-likeness (QED) is 0.847. The van der Waals surface area contributed by atoms with Crippen LogP contribution in [0.2, 0.25) is 0 Å². The molecule has 7 heteroatoms. The molecule has 0 unspecified atom stereocenters. The smallest absolute Gasteiger partial charge is 0.319 e. The molecule has 2 N–H and O–H groups in total. The van der Waals surface area contributed by atoms with E-state index >= 15 is 0 Å². The molecule has 4 amide bonds. The average Bonchev–Trinajstić information content (AvgIpc) is 3.36. The van der Waals surface area contributed by atoms with Crippen molar-refractivity contribution in [2.75, 3.05) is 10.2 Å². The zero-order valence-corrected chi connectivity index (χ0v) is 12.7.